The van der Waals surface area contributed by atoms with Crippen molar-refractivity contribution in [3.63, 3.8) is 0 Å². The van der Waals surface area contributed by atoms with Crippen LogP contribution in [-0.4, -0.2) is 36.4 Å². The van der Waals surface area contributed by atoms with E-state index in [4.69, 9.17) is 14.6 Å². The molecule has 1 aromatic carbocycles. The number of hydrogen-bond donors (Lipinski definition) is 0. The van der Waals surface area contributed by atoms with E-state index in [0.29, 0.717) is 13.2 Å². The first-order chi connectivity index (χ1) is 13.7. The molecular weight excluding hydrogens is 352 g/mol. The lowest BCUT2D eigenvalue weighted by molar-refractivity contribution is -0.139. The zero-order chi connectivity index (χ0) is 19.9. The second kappa shape index (κ2) is 9.94. The van der Waals surface area contributed by atoms with Gasteiger partial charge in [0.15, 0.2) is 11.5 Å². The maximum Gasteiger partial charge on any atom is 0.246 e. The summed E-state index contributed by atoms with van der Waals surface area (Å²) >= 11 is 0. The van der Waals surface area contributed by atoms with Gasteiger partial charge in [0.2, 0.25) is 5.91 Å². The maximum absolute atomic E-state index is 13.0. The van der Waals surface area contributed by atoms with Crippen LogP contribution in [-0.2, 0) is 4.79 Å². The Morgan fingerprint density at radius 1 is 1.00 bits per heavy atom. The third-order valence-electron chi connectivity index (χ3n) is 5.73. The molecule has 0 aromatic heterocycles. The Bertz CT molecular complexity index is 701. The van der Waals surface area contributed by atoms with E-state index in [0.717, 1.165) is 67.8 Å². The van der Waals surface area contributed by atoms with E-state index in [-0.39, 0.29) is 17.7 Å². The third-order valence-corrected chi connectivity index (χ3v) is 5.73. The van der Waals surface area contributed by atoms with Crippen molar-refractivity contribution in [2.75, 3.05) is 19.8 Å². The molecule has 0 N–H and O–H groups in total. The minimum Gasteiger partial charge on any atom is -0.490 e. The zero-order valence-corrected chi connectivity index (χ0v) is 17.6. The van der Waals surface area contributed by atoms with Crippen molar-refractivity contribution < 1.29 is 14.3 Å². The smallest absolute Gasteiger partial charge is 0.246 e. The number of benzene rings is 1. The van der Waals surface area contributed by atoms with E-state index in [2.05, 4.69) is 13.0 Å². The second-order valence-electron chi connectivity index (χ2n) is 7.68. The summed E-state index contributed by atoms with van der Waals surface area (Å²) in [5.74, 6) is 2.04. The number of hydrogen-bond acceptors (Lipinski definition) is 4. The van der Waals surface area contributed by atoms with Crippen molar-refractivity contribution in [3.05, 3.63) is 23.8 Å². The van der Waals surface area contributed by atoms with Gasteiger partial charge < -0.3 is 9.47 Å². The highest BCUT2D eigenvalue weighted by atomic mass is 16.5. The average molecular weight is 387 g/mol. The molecule has 1 aliphatic carbocycles. The Labute approximate surface area is 169 Å². The summed E-state index contributed by atoms with van der Waals surface area (Å²) in [4.78, 5) is 13.0. The lowest BCUT2D eigenvalue weighted by atomic mass is 9.73. The third kappa shape index (κ3) is 4.50. The number of fused-ring (bicyclic) bond motifs is 1. The molecule has 1 aliphatic heterocycles. The molecule has 1 aromatic rings. The van der Waals surface area contributed by atoms with Crippen LogP contribution in [0.5, 0.6) is 11.5 Å². The van der Waals surface area contributed by atoms with Gasteiger partial charge >= 0.3 is 0 Å². The van der Waals surface area contributed by atoms with Crippen molar-refractivity contribution in [2.24, 2.45) is 16.9 Å². The average Bonchev–Trinajstić information content (AvgIpc) is 2.72. The Morgan fingerprint density at radius 3 is 2.43 bits per heavy atom. The first-order valence-electron chi connectivity index (χ1n) is 11.0. The summed E-state index contributed by atoms with van der Waals surface area (Å²) < 4.78 is 11.5. The molecule has 1 saturated carbocycles. The number of unbranched alkanes of at least 4 members (excludes halogenated alkanes) is 2. The van der Waals surface area contributed by atoms with Gasteiger partial charge in [-0.15, -0.1) is 0 Å². The number of amides is 1. The number of carbonyl (C=O) groups is 1. The Morgan fingerprint density at radius 2 is 1.71 bits per heavy atom. The van der Waals surface area contributed by atoms with Gasteiger partial charge in [-0.2, -0.15) is 5.10 Å². The van der Waals surface area contributed by atoms with Crippen LogP contribution < -0.4 is 9.47 Å². The molecule has 0 bridgehead atoms. The van der Waals surface area contributed by atoms with E-state index in [1.165, 1.54) is 6.42 Å². The maximum atomic E-state index is 13.0. The fourth-order valence-electron chi connectivity index (χ4n) is 4.35. The Hall–Kier alpha value is -2.04. The molecule has 1 heterocycles. The standard InChI is InChI=1S/C23H34N2O3/c1-4-7-10-15-25-23(26)19-12-9-8-11-18(19)22(24-25)17-13-14-20(27-5-2)21(16-17)28-6-3/h13-14,16,18-19H,4-12,15H2,1-3H3/t18-,19+/m1/s1. The lowest BCUT2D eigenvalue weighted by Crippen LogP contribution is -2.46. The number of nitrogens with zero attached hydrogens (tertiary/aromatic N) is 2. The Balaban J connectivity index is 1.94. The van der Waals surface area contributed by atoms with Gasteiger partial charge in [0.1, 0.15) is 0 Å². The molecule has 1 fully saturated rings. The van der Waals surface area contributed by atoms with Gasteiger partial charge in [-0.05, 0) is 51.3 Å². The zero-order valence-electron chi connectivity index (χ0n) is 17.6. The van der Waals surface area contributed by atoms with E-state index in [1.807, 2.05) is 26.0 Å². The molecule has 3 rings (SSSR count). The lowest BCUT2D eigenvalue weighted by Gasteiger charge is -2.38. The van der Waals surface area contributed by atoms with Crippen LogP contribution in [0.2, 0.25) is 0 Å². The quantitative estimate of drug-likeness (QED) is 0.560. The summed E-state index contributed by atoms with van der Waals surface area (Å²) in [6, 6.07) is 6.08. The first-order valence-corrected chi connectivity index (χ1v) is 11.0. The number of carbonyl (C=O) groups excluding carboxylic acids is 1. The van der Waals surface area contributed by atoms with Crippen LogP contribution >= 0.6 is 0 Å². The fraction of sp³-hybridized carbons (Fsp3) is 0.652. The van der Waals surface area contributed by atoms with Crippen molar-refractivity contribution in [1.82, 2.24) is 5.01 Å². The molecule has 2 atom stereocenters. The van der Waals surface area contributed by atoms with Crippen molar-refractivity contribution in [1.29, 1.82) is 0 Å². The molecule has 154 valence electrons. The molecule has 1 amide bonds. The highest BCUT2D eigenvalue weighted by molar-refractivity contribution is 6.07. The van der Waals surface area contributed by atoms with E-state index in [1.54, 1.807) is 5.01 Å². The molecule has 0 unspecified atom stereocenters. The fourth-order valence-corrected chi connectivity index (χ4v) is 4.35. The molecule has 0 spiro atoms. The first kappa shape index (κ1) is 20.7. The number of ether oxygens (including phenoxy) is 2. The van der Waals surface area contributed by atoms with Crippen LogP contribution in [0.25, 0.3) is 0 Å². The minimum absolute atomic E-state index is 0.0741. The monoisotopic (exact) mass is 386 g/mol. The van der Waals surface area contributed by atoms with Crippen molar-refractivity contribution >= 4 is 11.6 Å². The summed E-state index contributed by atoms with van der Waals surface area (Å²) in [5.41, 5.74) is 2.10. The second-order valence-corrected chi connectivity index (χ2v) is 7.68. The molecule has 0 saturated heterocycles. The molecule has 5 heteroatoms. The van der Waals surface area contributed by atoms with Gasteiger partial charge in [-0.3, -0.25) is 4.79 Å². The molecule has 2 aliphatic rings. The minimum atomic E-state index is 0.0741. The predicted molar refractivity (Wildman–Crippen MR) is 112 cm³/mol. The van der Waals surface area contributed by atoms with Crippen molar-refractivity contribution in [2.45, 2.75) is 65.7 Å². The normalized spacial score (nSPS) is 21.9. The SMILES string of the molecule is CCCCCN1N=C(c2ccc(OCC)c(OCC)c2)[C@@H]2CCCC[C@@H]2C1=O. The van der Waals surface area contributed by atoms with Gasteiger partial charge in [0.05, 0.1) is 18.9 Å². The van der Waals surface area contributed by atoms with Crippen molar-refractivity contribution in [3.8, 4) is 11.5 Å². The topological polar surface area (TPSA) is 51.1 Å². The van der Waals surface area contributed by atoms with Gasteiger partial charge in [-0.1, -0.05) is 32.6 Å². The van der Waals surface area contributed by atoms with Crippen LogP contribution in [0.4, 0.5) is 0 Å². The number of rotatable bonds is 9. The van der Waals surface area contributed by atoms with Crippen LogP contribution in [0, 0.1) is 11.8 Å². The largest absolute Gasteiger partial charge is 0.490 e. The highest BCUT2D eigenvalue weighted by Crippen LogP contribution is 2.39. The number of hydrazone groups is 1. The van der Waals surface area contributed by atoms with E-state index >= 15 is 0 Å². The van der Waals surface area contributed by atoms with Gasteiger partial charge in [0.25, 0.3) is 0 Å². The van der Waals surface area contributed by atoms with Crippen LogP contribution in [0.15, 0.2) is 23.3 Å². The highest BCUT2D eigenvalue weighted by Gasteiger charge is 2.41. The molecular formula is C23H34N2O3. The molecule has 0 radical (unpaired) electrons. The summed E-state index contributed by atoms with van der Waals surface area (Å²) in [5, 5.41) is 6.61. The Kier molecular flexibility index (Phi) is 7.35. The van der Waals surface area contributed by atoms with E-state index in [9.17, 15) is 4.79 Å². The summed E-state index contributed by atoms with van der Waals surface area (Å²) in [7, 11) is 0. The summed E-state index contributed by atoms with van der Waals surface area (Å²) in [6.45, 7) is 8.04. The van der Waals surface area contributed by atoms with Gasteiger partial charge in [0, 0.05) is 23.9 Å². The predicted octanol–water partition coefficient (Wildman–Crippen LogP) is 5.03. The summed E-state index contributed by atoms with van der Waals surface area (Å²) in [6.07, 6.45) is 7.58. The molecule has 5 nitrogen and oxygen atoms in total. The molecule has 28 heavy (non-hydrogen) atoms. The van der Waals surface area contributed by atoms with E-state index < -0.39 is 0 Å². The van der Waals surface area contributed by atoms with Crippen LogP contribution in [0.1, 0.15) is 71.3 Å². The van der Waals surface area contributed by atoms with Gasteiger partial charge in [-0.25, -0.2) is 5.01 Å². The van der Waals surface area contributed by atoms with Crippen LogP contribution in [0.3, 0.4) is 0 Å².